The molecule has 9 nitrogen and oxygen atoms in total. The standard InChI is InChI=1S/C25H24F3N5O4S3/c1-14(2)24-32-21(22(38-24)19-9-10-29-25(31-19)30-11-12-39(3,34)35)15-7-8-16(26)20(13-15)33-40(36,37)23-17(27)5-4-6-18(23)28/h4-10,13-14,33H,11-12H2,1-3H3,(H,29,30,31). The zero-order chi connectivity index (χ0) is 29.2. The Labute approximate surface area is 233 Å². The van der Waals surface area contributed by atoms with Gasteiger partial charge in [-0.2, -0.15) is 0 Å². The van der Waals surface area contributed by atoms with Gasteiger partial charge < -0.3 is 5.32 Å². The van der Waals surface area contributed by atoms with Gasteiger partial charge in [0.2, 0.25) is 5.95 Å². The molecule has 2 aromatic carbocycles. The molecule has 0 saturated heterocycles. The molecular formula is C25H24F3N5O4S3. The SMILES string of the molecule is CC(C)c1nc(-c2ccc(F)c(NS(=O)(=O)c3c(F)cccc3F)c2)c(-c2ccnc(NCCS(C)(=O)=O)n2)s1. The van der Waals surface area contributed by atoms with E-state index in [1.54, 1.807) is 6.07 Å². The van der Waals surface area contributed by atoms with Crippen LogP contribution < -0.4 is 10.0 Å². The summed E-state index contributed by atoms with van der Waals surface area (Å²) in [6.45, 7) is 3.95. The molecular weight excluding hydrogens is 588 g/mol. The average molecular weight is 612 g/mol. The molecule has 0 spiro atoms. The first-order chi connectivity index (χ1) is 18.7. The monoisotopic (exact) mass is 611 g/mol. The number of sulfone groups is 1. The van der Waals surface area contributed by atoms with Gasteiger partial charge in [0, 0.05) is 30.5 Å². The smallest absolute Gasteiger partial charge is 0.267 e. The van der Waals surface area contributed by atoms with Gasteiger partial charge >= 0.3 is 0 Å². The van der Waals surface area contributed by atoms with Gasteiger partial charge in [0.1, 0.15) is 27.3 Å². The fraction of sp³-hybridized carbons (Fsp3) is 0.240. The van der Waals surface area contributed by atoms with Crippen molar-refractivity contribution in [1.82, 2.24) is 15.0 Å². The topological polar surface area (TPSA) is 131 Å². The fourth-order valence-electron chi connectivity index (χ4n) is 3.56. The molecule has 15 heteroatoms. The van der Waals surface area contributed by atoms with Crippen LogP contribution in [0.4, 0.5) is 24.8 Å². The lowest BCUT2D eigenvalue weighted by Gasteiger charge is -2.12. The number of halogens is 3. The van der Waals surface area contributed by atoms with E-state index in [-0.39, 0.29) is 24.2 Å². The van der Waals surface area contributed by atoms with Gasteiger partial charge in [-0.25, -0.2) is 45.0 Å². The number of benzene rings is 2. The van der Waals surface area contributed by atoms with Crippen molar-refractivity contribution in [1.29, 1.82) is 0 Å². The third-order valence-electron chi connectivity index (χ3n) is 5.45. The molecule has 0 unspecified atom stereocenters. The summed E-state index contributed by atoms with van der Waals surface area (Å²) in [5.74, 6) is -3.53. The first-order valence-electron chi connectivity index (χ1n) is 11.8. The average Bonchev–Trinajstić information content (AvgIpc) is 3.30. The Hall–Kier alpha value is -3.56. The van der Waals surface area contributed by atoms with E-state index in [1.807, 2.05) is 18.6 Å². The van der Waals surface area contributed by atoms with Crippen molar-refractivity contribution in [3.05, 3.63) is 71.1 Å². The van der Waals surface area contributed by atoms with Crippen LogP contribution in [-0.2, 0) is 19.9 Å². The Kier molecular flexibility index (Phi) is 8.46. The van der Waals surface area contributed by atoms with Crippen LogP contribution in [0, 0.1) is 17.5 Å². The summed E-state index contributed by atoms with van der Waals surface area (Å²) in [5, 5.41) is 3.58. The third-order valence-corrected chi connectivity index (χ3v) is 9.19. The number of thiazole rings is 1. The molecule has 212 valence electrons. The Bertz CT molecular complexity index is 1760. The Balaban J connectivity index is 1.74. The van der Waals surface area contributed by atoms with E-state index < -0.39 is 47.9 Å². The van der Waals surface area contributed by atoms with Gasteiger partial charge in [-0.1, -0.05) is 19.9 Å². The maximum atomic E-state index is 14.7. The summed E-state index contributed by atoms with van der Waals surface area (Å²) >= 11 is 1.32. The zero-order valence-corrected chi connectivity index (χ0v) is 23.9. The molecule has 0 aliphatic heterocycles. The Morgan fingerprint density at radius 3 is 2.30 bits per heavy atom. The fourth-order valence-corrected chi connectivity index (χ4v) is 6.29. The van der Waals surface area contributed by atoms with E-state index in [4.69, 9.17) is 0 Å². The summed E-state index contributed by atoms with van der Waals surface area (Å²) in [6.07, 6.45) is 2.60. The van der Waals surface area contributed by atoms with E-state index in [1.165, 1.54) is 29.7 Å². The highest BCUT2D eigenvalue weighted by atomic mass is 32.2. The molecule has 0 aliphatic rings. The lowest BCUT2D eigenvalue weighted by Crippen LogP contribution is -2.17. The van der Waals surface area contributed by atoms with Gasteiger partial charge in [-0.05, 0) is 36.4 Å². The Morgan fingerprint density at radius 2 is 1.65 bits per heavy atom. The van der Waals surface area contributed by atoms with Gasteiger partial charge in [0.15, 0.2) is 4.90 Å². The van der Waals surface area contributed by atoms with Crippen LogP contribution in [0.2, 0.25) is 0 Å². The first-order valence-corrected chi connectivity index (χ1v) is 16.1. The normalized spacial score (nSPS) is 12.1. The lowest BCUT2D eigenvalue weighted by molar-refractivity contribution is 0.521. The second kappa shape index (κ2) is 11.5. The van der Waals surface area contributed by atoms with Crippen LogP contribution in [-0.4, -0.2) is 50.3 Å². The van der Waals surface area contributed by atoms with Crippen molar-refractivity contribution in [3.8, 4) is 21.8 Å². The second-order valence-corrected chi connectivity index (χ2v) is 14.0. The number of hydrogen-bond donors (Lipinski definition) is 2. The highest BCUT2D eigenvalue weighted by Gasteiger charge is 2.26. The van der Waals surface area contributed by atoms with Gasteiger partial charge in [-0.3, -0.25) is 4.72 Å². The van der Waals surface area contributed by atoms with Crippen LogP contribution in [0.25, 0.3) is 21.8 Å². The lowest BCUT2D eigenvalue weighted by atomic mass is 10.1. The predicted molar refractivity (Wildman–Crippen MR) is 148 cm³/mol. The van der Waals surface area contributed by atoms with Crippen molar-refractivity contribution in [2.24, 2.45) is 0 Å². The molecule has 2 aromatic heterocycles. The molecule has 2 heterocycles. The number of sulfonamides is 1. The number of aromatic nitrogens is 3. The molecule has 0 saturated carbocycles. The van der Waals surface area contributed by atoms with Crippen molar-refractivity contribution >= 4 is 42.8 Å². The minimum absolute atomic E-state index is 0.00847. The van der Waals surface area contributed by atoms with Crippen LogP contribution in [0.1, 0.15) is 24.8 Å². The molecule has 0 atom stereocenters. The minimum atomic E-state index is -4.82. The summed E-state index contributed by atoms with van der Waals surface area (Å²) in [4.78, 5) is 12.6. The molecule has 40 heavy (non-hydrogen) atoms. The van der Waals surface area contributed by atoms with Crippen LogP contribution in [0.3, 0.4) is 0 Å². The predicted octanol–water partition coefficient (Wildman–Crippen LogP) is 5.07. The Morgan fingerprint density at radius 1 is 0.950 bits per heavy atom. The van der Waals surface area contributed by atoms with Crippen LogP contribution in [0.15, 0.2) is 53.6 Å². The van der Waals surface area contributed by atoms with E-state index in [0.29, 0.717) is 21.8 Å². The summed E-state index contributed by atoms with van der Waals surface area (Å²) in [5.41, 5.74) is 0.593. The molecule has 0 aliphatic carbocycles. The van der Waals surface area contributed by atoms with Gasteiger partial charge in [-0.15, -0.1) is 11.3 Å². The molecule has 0 amide bonds. The summed E-state index contributed by atoms with van der Waals surface area (Å²) < 4.78 is 93.4. The van der Waals surface area contributed by atoms with Crippen molar-refractivity contribution in [3.63, 3.8) is 0 Å². The number of nitrogens with one attached hydrogen (secondary N) is 2. The zero-order valence-electron chi connectivity index (χ0n) is 21.4. The first kappa shape index (κ1) is 29.4. The molecule has 2 N–H and O–H groups in total. The maximum absolute atomic E-state index is 14.7. The van der Waals surface area contributed by atoms with E-state index in [0.717, 1.165) is 35.5 Å². The number of nitrogens with zero attached hydrogens (tertiary/aromatic N) is 3. The molecule has 4 rings (SSSR count). The summed E-state index contributed by atoms with van der Waals surface area (Å²) in [6, 6.07) is 7.79. The minimum Gasteiger partial charge on any atom is -0.353 e. The van der Waals surface area contributed by atoms with Gasteiger partial charge in [0.05, 0.1) is 32.7 Å². The molecule has 0 bridgehead atoms. The van der Waals surface area contributed by atoms with Crippen molar-refractivity contribution < 1.29 is 30.0 Å². The van der Waals surface area contributed by atoms with Crippen LogP contribution >= 0.6 is 11.3 Å². The van der Waals surface area contributed by atoms with E-state index in [9.17, 15) is 30.0 Å². The largest absolute Gasteiger partial charge is 0.353 e. The van der Waals surface area contributed by atoms with E-state index >= 15 is 0 Å². The number of anilines is 2. The van der Waals surface area contributed by atoms with Gasteiger partial charge in [0.25, 0.3) is 10.0 Å². The summed E-state index contributed by atoms with van der Waals surface area (Å²) in [7, 11) is -8.02. The quantitative estimate of drug-likeness (QED) is 0.254. The van der Waals surface area contributed by atoms with Crippen LogP contribution in [0.5, 0.6) is 0 Å². The molecule has 0 fully saturated rings. The highest BCUT2D eigenvalue weighted by Crippen LogP contribution is 2.39. The maximum Gasteiger partial charge on any atom is 0.267 e. The number of hydrogen-bond acceptors (Lipinski definition) is 9. The third kappa shape index (κ3) is 6.77. The number of rotatable bonds is 10. The highest BCUT2D eigenvalue weighted by molar-refractivity contribution is 7.92. The molecule has 0 radical (unpaired) electrons. The van der Waals surface area contributed by atoms with Crippen molar-refractivity contribution in [2.75, 3.05) is 28.6 Å². The second-order valence-electron chi connectivity index (χ2n) is 9.06. The van der Waals surface area contributed by atoms with Crippen molar-refractivity contribution in [2.45, 2.75) is 24.7 Å². The van der Waals surface area contributed by atoms with E-state index in [2.05, 4.69) is 20.3 Å². The molecule has 4 aromatic rings.